The first-order valence-electron chi connectivity index (χ1n) is 7.08. The van der Waals surface area contributed by atoms with Gasteiger partial charge in [0.05, 0.1) is 0 Å². The predicted molar refractivity (Wildman–Crippen MR) is 74.4 cm³/mol. The summed E-state index contributed by atoms with van der Waals surface area (Å²) in [7, 11) is 0. The van der Waals surface area contributed by atoms with Crippen molar-refractivity contribution in [3.63, 3.8) is 0 Å². The van der Waals surface area contributed by atoms with E-state index in [4.69, 9.17) is 0 Å². The van der Waals surface area contributed by atoms with Gasteiger partial charge in [-0.2, -0.15) is 0 Å². The van der Waals surface area contributed by atoms with Gasteiger partial charge in [-0.05, 0) is 48.8 Å². The van der Waals surface area contributed by atoms with Gasteiger partial charge in [0.15, 0.2) is 0 Å². The van der Waals surface area contributed by atoms with Crippen molar-refractivity contribution in [2.45, 2.75) is 52.0 Å². The standard InChI is InChI=1S/C16H25N/c1-4-10-17-16-11-15(12(16)3)14-8-6-13(5-2)7-9-14/h6-9,12,15-17H,4-5,10-11H2,1-3H3. The largest absolute Gasteiger partial charge is 0.314 e. The Bertz CT molecular complexity index is 341. The molecule has 17 heavy (non-hydrogen) atoms. The number of hydrogen-bond donors (Lipinski definition) is 1. The van der Waals surface area contributed by atoms with Crippen LogP contribution in [0, 0.1) is 5.92 Å². The van der Waals surface area contributed by atoms with Crippen LogP contribution in [0.1, 0.15) is 50.7 Å². The van der Waals surface area contributed by atoms with Crippen LogP contribution in [0.5, 0.6) is 0 Å². The molecule has 1 aromatic rings. The highest BCUT2D eigenvalue weighted by Crippen LogP contribution is 2.42. The SMILES string of the molecule is CCCNC1CC(c2ccc(CC)cc2)C1C. The molecule has 1 N–H and O–H groups in total. The van der Waals surface area contributed by atoms with E-state index in [1.54, 1.807) is 0 Å². The molecular formula is C16H25N. The summed E-state index contributed by atoms with van der Waals surface area (Å²) in [4.78, 5) is 0. The van der Waals surface area contributed by atoms with Gasteiger partial charge in [0, 0.05) is 6.04 Å². The van der Waals surface area contributed by atoms with E-state index in [9.17, 15) is 0 Å². The highest BCUT2D eigenvalue weighted by molar-refractivity contribution is 5.28. The van der Waals surface area contributed by atoms with Crippen LogP contribution in [0.4, 0.5) is 0 Å². The topological polar surface area (TPSA) is 12.0 Å². The molecular weight excluding hydrogens is 206 g/mol. The van der Waals surface area contributed by atoms with Gasteiger partial charge in [-0.15, -0.1) is 0 Å². The lowest BCUT2D eigenvalue weighted by atomic mass is 9.67. The van der Waals surface area contributed by atoms with Crippen molar-refractivity contribution < 1.29 is 0 Å². The Morgan fingerprint density at radius 2 is 1.88 bits per heavy atom. The molecule has 0 bridgehead atoms. The van der Waals surface area contributed by atoms with E-state index in [-0.39, 0.29) is 0 Å². The molecule has 1 saturated carbocycles. The third-order valence-corrected chi connectivity index (χ3v) is 4.25. The van der Waals surface area contributed by atoms with Crippen molar-refractivity contribution in [2.75, 3.05) is 6.54 Å². The molecule has 2 rings (SSSR count). The fourth-order valence-corrected chi connectivity index (χ4v) is 2.83. The van der Waals surface area contributed by atoms with Crippen molar-refractivity contribution >= 4 is 0 Å². The van der Waals surface area contributed by atoms with E-state index in [0.717, 1.165) is 30.8 Å². The van der Waals surface area contributed by atoms with Crippen LogP contribution in [0.15, 0.2) is 24.3 Å². The Balaban J connectivity index is 1.92. The van der Waals surface area contributed by atoms with Crippen LogP contribution >= 0.6 is 0 Å². The Hall–Kier alpha value is -0.820. The minimum Gasteiger partial charge on any atom is -0.314 e. The van der Waals surface area contributed by atoms with Crippen LogP contribution in [-0.2, 0) is 6.42 Å². The highest BCUT2D eigenvalue weighted by atomic mass is 14.9. The monoisotopic (exact) mass is 231 g/mol. The van der Waals surface area contributed by atoms with E-state index in [2.05, 4.69) is 50.4 Å². The van der Waals surface area contributed by atoms with Crippen molar-refractivity contribution in [3.05, 3.63) is 35.4 Å². The minimum atomic E-state index is 0.741. The van der Waals surface area contributed by atoms with E-state index >= 15 is 0 Å². The summed E-state index contributed by atoms with van der Waals surface area (Å²) in [5.74, 6) is 1.56. The number of rotatable bonds is 5. The van der Waals surface area contributed by atoms with Gasteiger partial charge >= 0.3 is 0 Å². The number of aryl methyl sites for hydroxylation is 1. The van der Waals surface area contributed by atoms with Crippen LogP contribution in [0.25, 0.3) is 0 Å². The lowest BCUT2D eigenvalue weighted by Gasteiger charge is -2.44. The summed E-state index contributed by atoms with van der Waals surface area (Å²) in [6.45, 7) is 7.99. The molecule has 0 aromatic heterocycles. The lowest BCUT2D eigenvalue weighted by molar-refractivity contribution is 0.185. The molecule has 0 aliphatic heterocycles. The molecule has 1 aliphatic carbocycles. The Kier molecular flexibility index (Phi) is 4.22. The average Bonchev–Trinajstić information content (AvgIpc) is 2.38. The fourth-order valence-electron chi connectivity index (χ4n) is 2.83. The van der Waals surface area contributed by atoms with Crippen molar-refractivity contribution in [2.24, 2.45) is 5.92 Å². The van der Waals surface area contributed by atoms with Crippen LogP contribution < -0.4 is 5.32 Å². The van der Waals surface area contributed by atoms with Crippen molar-refractivity contribution in [1.82, 2.24) is 5.32 Å². The van der Waals surface area contributed by atoms with Gasteiger partial charge in [-0.1, -0.05) is 45.0 Å². The summed E-state index contributed by atoms with van der Waals surface area (Å²) >= 11 is 0. The van der Waals surface area contributed by atoms with Gasteiger partial charge in [0.1, 0.15) is 0 Å². The molecule has 0 saturated heterocycles. The fraction of sp³-hybridized carbons (Fsp3) is 0.625. The number of hydrogen-bond acceptors (Lipinski definition) is 1. The second-order valence-corrected chi connectivity index (χ2v) is 5.36. The van der Waals surface area contributed by atoms with E-state index in [0.29, 0.717) is 0 Å². The first kappa shape index (κ1) is 12.6. The van der Waals surface area contributed by atoms with E-state index < -0.39 is 0 Å². The highest BCUT2D eigenvalue weighted by Gasteiger charge is 2.37. The average molecular weight is 231 g/mol. The number of nitrogens with one attached hydrogen (secondary N) is 1. The van der Waals surface area contributed by atoms with Gasteiger partial charge in [-0.3, -0.25) is 0 Å². The molecule has 0 heterocycles. The molecule has 0 spiro atoms. The summed E-state index contributed by atoms with van der Waals surface area (Å²) < 4.78 is 0. The zero-order valence-corrected chi connectivity index (χ0v) is 11.4. The third kappa shape index (κ3) is 2.71. The first-order valence-corrected chi connectivity index (χ1v) is 7.08. The zero-order chi connectivity index (χ0) is 12.3. The van der Waals surface area contributed by atoms with Gasteiger partial charge in [0.25, 0.3) is 0 Å². The van der Waals surface area contributed by atoms with Gasteiger partial charge in [-0.25, -0.2) is 0 Å². The smallest absolute Gasteiger partial charge is 0.0104 e. The molecule has 94 valence electrons. The van der Waals surface area contributed by atoms with Crippen LogP contribution in [-0.4, -0.2) is 12.6 Å². The maximum Gasteiger partial charge on any atom is 0.0104 e. The summed E-state index contributed by atoms with van der Waals surface area (Å²) in [6.07, 6.45) is 3.69. The predicted octanol–water partition coefficient (Wildman–Crippen LogP) is 3.74. The van der Waals surface area contributed by atoms with E-state index in [1.165, 1.54) is 24.0 Å². The second-order valence-electron chi connectivity index (χ2n) is 5.36. The molecule has 0 radical (unpaired) electrons. The summed E-state index contributed by atoms with van der Waals surface area (Å²) in [6, 6.07) is 9.97. The lowest BCUT2D eigenvalue weighted by Crippen LogP contribution is -2.48. The molecule has 1 fully saturated rings. The number of benzene rings is 1. The normalized spacial score (nSPS) is 27.8. The quantitative estimate of drug-likeness (QED) is 0.814. The van der Waals surface area contributed by atoms with Crippen molar-refractivity contribution in [1.29, 1.82) is 0 Å². The minimum absolute atomic E-state index is 0.741. The van der Waals surface area contributed by atoms with Gasteiger partial charge in [0.2, 0.25) is 0 Å². The third-order valence-electron chi connectivity index (χ3n) is 4.25. The van der Waals surface area contributed by atoms with Crippen LogP contribution in [0.2, 0.25) is 0 Å². The Morgan fingerprint density at radius 1 is 1.18 bits per heavy atom. The molecule has 3 atom stereocenters. The molecule has 1 aliphatic rings. The molecule has 3 unspecified atom stereocenters. The molecule has 1 heteroatoms. The Labute approximate surface area is 106 Å². The molecule has 1 aromatic carbocycles. The summed E-state index contributed by atoms with van der Waals surface area (Å²) in [5.41, 5.74) is 2.98. The Morgan fingerprint density at radius 3 is 2.41 bits per heavy atom. The zero-order valence-electron chi connectivity index (χ0n) is 11.4. The maximum atomic E-state index is 3.64. The van der Waals surface area contributed by atoms with Gasteiger partial charge < -0.3 is 5.32 Å². The maximum absolute atomic E-state index is 3.64. The van der Waals surface area contributed by atoms with E-state index in [1.807, 2.05) is 0 Å². The summed E-state index contributed by atoms with van der Waals surface area (Å²) in [5, 5.41) is 3.64. The second kappa shape index (κ2) is 5.68. The molecule has 1 nitrogen and oxygen atoms in total. The van der Waals surface area contributed by atoms with Crippen molar-refractivity contribution in [3.8, 4) is 0 Å². The first-order chi connectivity index (χ1) is 8.26. The van der Waals surface area contributed by atoms with Crippen LogP contribution in [0.3, 0.4) is 0 Å². The molecule has 0 amide bonds.